The number of nitrogens with one attached hydrogen (secondary N) is 1. The highest BCUT2D eigenvalue weighted by Crippen LogP contribution is 2.57. The molecule has 1 N–H and O–H groups in total. The van der Waals surface area contributed by atoms with E-state index in [1.165, 1.54) is 44.3 Å². The molecule has 0 saturated heterocycles. The quantitative estimate of drug-likeness (QED) is 0.870. The van der Waals surface area contributed by atoms with Gasteiger partial charge in [0.2, 0.25) is 0 Å². The van der Waals surface area contributed by atoms with E-state index >= 15 is 0 Å². The molecule has 2 aliphatic rings. The van der Waals surface area contributed by atoms with E-state index in [2.05, 4.69) is 49.0 Å². The molecule has 3 atom stereocenters. The summed E-state index contributed by atoms with van der Waals surface area (Å²) in [6.07, 6.45) is 7.02. The van der Waals surface area contributed by atoms with Crippen molar-refractivity contribution in [2.45, 2.75) is 52.9 Å². The van der Waals surface area contributed by atoms with Gasteiger partial charge >= 0.3 is 0 Å². The van der Waals surface area contributed by atoms with Crippen LogP contribution in [0.1, 0.15) is 50.9 Å². The van der Waals surface area contributed by atoms with Gasteiger partial charge in [-0.2, -0.15) is 5.10 Å². The van der Waals surface area contributed by atoms with Crippen molar-refractivity contribution in [3.8, 4) is 0 Å². The van der Waals surface area contributed by atoms with E-state index in [9.17, 15) is 0 Å². The van der Waals surface area contributed by atoms with Gasteiger partial charge in [0.25, 0.3) is 0 Å². The van der Waals surface area contributed by atoms with E-state index in [-0.39, 0.29) is 0 Å². The molecule has 0 spiro atoms. The van der Waals surface area contributed by atoms with Crippen LogP contribution in [0.3, 0.4) is 0 Å². The third-order valence-electron chi connectivity index (χ3n) is 5.76. The van der Waals surface area contributed by atoms with E-state index in [0.29, 0.717) is 5.41 Å². The lowest BCUT2D eigenvalue weighted by atomic mass is 9.70. The molecule has 118 valence electrons. The van der Waals surface area contributed by atoms with Crippen LogP contribution >= 0.6 is 0 Å². The predicted molar refractivity (Wildman–Crippen MR) is 87.2 cm³/mol. The normalized spacial score (nSPS) is 31.5. The topological polar surface area (TPSA) is 29.9 Å². The molecular weight excluding hydrogens is 258 g/mol. The molecule has 0 aliphatic heterocycles. The Morgan fingerprint density at radius 1 is 1.43 bits per heavy atom. The van der Waals surface area contributed by atoms with Crippen LogP contribution in [0.4, 0.5) is 0 Å². The minimum absolute atomic E-state index is 0.484. The molecule has 2 fully saturated rings. The van der Waals surface area contributed by atoms with Gasteiger partial charge in [0.05, 0.1) is 5.69 Å². The van der Waals surface area contributed by atoms with Gasteiger partial charge in [-0.1, -0.05) is 20.3 Å². The van der Waals surface area contributed by atoms with E-state index in [0.717, 1.165) is 30.0 Å². The first-order valence-electron chi connectivity index (χ1n) is 8.69. The maximum absolute atomic E-state index is 4.55. The van der Waals surface area contributed by atoms with Gasteiger partial charge in [0, 0.05) is 19.3 Å². The summed E-state index contributed by atoms with van der Waals surface area (Å²) >= 11 is 0. The van der Waals surface area contributed by atoms with Crippen molar-refractivity contribution in [2.75, 3.05) is 13.1 Å². The molecule has 2 saturated carbocycles. The van der Waals surface area contributed by atoms with E-state index in [1.54, 1.807) is 0 Å². The van der Waals surface area contributed by atoms with Gasteiger partial charge in [-0.3, -0.25) is 4.68 Å². The minimum Gasteiger partial charge on any atom is -0.316 e. The fourth-order valence-corrected chi connectivity index (χ4v) is 4.85. The summed E-state index contributed by atoms with van der Waals surface area (Å²) in [7, 11) is 2.10. The second-order valence-corrected chi connectivity index (χ2v) is 8.04. The van der Waals surface area contributed by atoms with Crippen molar-refractivity contribution < 1.29 is 0 Å². The first kappa shape index (κ1) is 15.1. The first-order chi connectivity index (χ1) is 9.98. The fraction of sp³-hybridized carbons (Fsp3) is 0.833. The molecule has 2 aliphatic carbocycles. The van der Waals surface area contributed by atoms with Crippen LogP contribution < -0.4 is 5.32 Å². The van der Waals surface area contributed by atoms with Gasteiger partial charge in [0.1, 0.15) is 0 Å². The van der Waals surface area contributed by atoms with Crippen LogP contribution in [0.15, 0.2) is 6.07 Å². The summed E-state index contributed by atoms with van der Waals surface area (Å²) < 4.78 is 2.10. The highest BCUT2D eigenvalue weighted by molar-refractivity contribution is 5.14. The summed E-state index contributed by atoms with van der Waals surface area (Å²) in [4.78, 5) is 0. The number of hydrogen-bond acceptors (Lipinski definition) is 2. The Hall–Kier alpha value is -0.830. The third-order valence-corrected chi connectivity index (χ3v) is 5.76. The first-order valence-corrected chi connectivity index (χ1v) is 8.69. The Labute approximate surface area is 129 Å². The predicted octanol–water partition coefficient (Wildman–Crippen LogP) is 3.32. The van der Waals surface area contributed by atoms with Crippen molar-refractivity contribution in [3.63, 3.8) is 0 Å². The van der Waals surface area contributed by atoms with Crippen LogP contribution in [-0.4, -0.2) is 22.9 Å². The fourth-order valence-electron chi connectivity index (χ4n) is 4.85. The Morgan fingerprint density at radius 3 is 2.76 bits per heavy atom. The monoisotopic (exact) mass is 289 g/mol. The standard InChI is InChI=1S/C18H31N3/c1-13(2)11-19-12-18(9-15-5-6-16(18)8-15)10-17-7-14(3)20-21(17)4/h7,13,15-16,19H,5-6,8-12H2,1-4H3. The molecule has 21 heavy (non-hydrogen) atoms. The number of nitrogens with zero attached hydrogens (tertiary/aromatic N) is 2. The zero-order valence-corrected chi connectivity index (χ0v) is 14.2. The second kappa shape index (κ2) is 5.75. The van der Waals surface area contributed by atoms with Gasteiger partial charge in [0.15, 0.2) is 0 Å². The molecule has 2 bridgehead atoms. The number of fused-ring (bicyclic) bond motifs is 2. The van der Waals surface area contributed by atoms with Gasteiger partial charge in [-0.25, -0.2) is 0 Å². The molecule has 3 nitrogen and oxygen atoms in total. The van der Waals surface area contributed by atoms with Crippen molar-refractivity contribution in [1.82, 2.24) is 15.1 Å². The second-order valence-electron chi connectivity index (χ2n) is 8.04. The minimum atomic E-state index is 0.484. The number of hydrogen-bond donors (Lipinski definition) is 1. The highest BCUT2D eigenvalue weighted by Gasteiger charge is 2.50. The Bertz CT molecular complexity index is 491. The Balaban J connectivity index is 1.75. The van der Waals surface area contributed by atoms with Crippen molar-refractivity contribution in [3.05, 3.63) is 17.5 Å². The van der Waals surface area contributed by atoms with Crippen LogP contribution in [0.2, 0.25) is 0 Å². The molecule has 3 heteroatoms. The maximum Gasteiger partial charge on any atom is 0.0596 e. The molecule has 1 aromatic heterocycles. The molecule has 1 heterocycles. The lowest BCUT2D eigenvalue weighted by Gasteiger charge is -2.38. The van der Waals surface area contributed by atoms with Crippen LogP contribution in [0.25, 0.3) is 0 Å². The lowest BCUT2D eigenvalue weighted by molar-refractivity contribution is 0.151. The molecule has 3 unspecified atom stereocenters. The zero-order valence-electron chi connectivity index (χ0n) is 14.2. The smallest absolute Gasteiger partial charge is 0.0596 e. The van der Waals surface area contributed by atoms with Crippen LogP contribution in [0.5, 0.6) is 0 Å². The third kappa shape index (κ3) is 3.03. The Morgan fingerprint density at radius 2 is 2.24 bits per heavy atom. The summed E-state index contributed by atoms with van der Waals surface area (Å²) in [5.41, 5.74) is 3.06. The highest BCUT2D eigenvalue weighted by atomic mass is 15.3. The van der Waals surface area contributed by atoms with Crippen molar-refractivity contribution in [2.24, 2.45) is 30.2 Å². The average molecular weight is 289 g/mol. The Kier molecular flexibility index (Phi) is 4.13. The molecule has 3 rings (SSSR count). The largest absolute Gasteiger partial charge is 0.316 e. The van der Waals surface area contributed by atoms with E-state index in [1.807, 2.05) is 0 Å². The number of aryl methyl sites for hydroxylation is 2. The van der Waals surface area contributed by atoms with Gasteiger partial charge in [-0.05, 0) is 68.4 Å². The van der Waals surface area contributed by atoms with Crippen LogP contribution in [0, 0.1) is 30.1 Å². The number of rotatable bonds is 6. The average Bonchev–Trinajstić information content (AvgIpc) is 3.05. The van der Waals surface area contributed by atoms with Crippen molar-refractivity contribution >= 4 is 0 Å². The van der Waals surface area contributed by atoms with Crippen molar-refractivity contribution in [1.29, 1.82) is 0 Å². The molecule has 0 radical (unpaired) electrons. The zero-order chi connectivity index (χ0) is 15.0. The van der Waals surface area contributed by atoms with E-state index in [4.69, 9.17) is 0 Å². The molecule has 1 aromatic rings. The van der Waals surface area contributed by atoms with Gasteiger partial charge < -0.3 is 5.32 Å². The SMILES string of the molecule is Cc1cc(CC2(CNCC(C)C)CC3CCC2C3)n(C)n1. The maximum atomic E-state index is 4.55. The number of aromatic nitrogens is 2. The molecule has 0 aromatic carbocycles. The molecule has 0 amide bonds. The van der Waals surface area contributed by atoms with Gasteiger partial charge in [-0.15, -0.1) is 0 Å². The summed E-state index contributed by atoms with van der Waals surface area (Å²) in [6.45, 7) is 9.03. The van der Waals surface area contributed by atoms with Crippen LogP contribution in [-0.2, 0) is 13.5 Å². The lowest BCUT2D eigenvalue weighted by Crippen LogP contribution is -2.41. The van der Waals surface area contributed by atoms with E-state index < -0.39 is 0 Å². The molecular formula is C18H31N3. The summed E-state index contributed by atoms with van der Waals surface area (Å²) in [5.74, 6) is 2.65. The summed E-state index contributed by atoms with van der Waals surface area (Å²) in [6, 6.07) is 2.29. The summed E-state index contributed by atoms with van der Waals surface area (Å²) in [5, 5.41) is 8.32.